The first kappa shape index (κ1) is 20.6. The molecule has 4 rings (SSSR count). The summed E-state index contributed by atoms with van der Waals surface area (Å²) in [6.45, 7) is 5.60. The van der Waals surface area contributed by atoms with Crippen LogP contribution in [0.2, 0.25) is 0 Å². The maximum Gasteiger partial charge on any atom is 0.254 e. The molecule has 1 aliphatic heterocycles. The lowest BCUT2D eigenvalue weighted by molar-refractivity contribution is -0.124. The molecule has 0 radical (unpaired) electrons. The average molecular weight is 407 g/mol. The first-order chi connectivity index (χ1) is 14.5. The Kier molecular flexibility index (Phi) is 6.18. The summed E-state index contributed by atoms with van der Waals surface area (Å²) in [6, 6.07) is 16.1. The van der Waals surface area contributed by atoms with Gasteiger partial charge in [0.1, 0.15) is 6.10 Å². The van der Waals surface area contributed by atoms with Crippen molar-refractivity contribution in [3.8, 4) is 0 Å². The Labute approximate surface area is 178 Å². The van der Waals surface area contributed by atoms with E-state index in [2.05, 4.69) is 43.4 Å². The SMILES string of the molecule is CC(C)c1ccc(CN(C(=O)c2cccc(NC(=O)C3CCCO3)c2)C2CC2)cc1. The first-order valence-corrected chi connectivity index (χ1v) is 10.9. The van der Waals surface area contributed by atoms with Crippen molar-refractivity contribution in [1.29, 1.82) is 0 Å². The van der Waals surface area contributed by atoms with Crippen LogP contribution in [-0.4, -0.2) is 35.5 Å². The summed E-state index contributed by atoms with van der Waals surface area (Å²) in [5, 5.41) is 2.89. The zero-order valence-electron chi connectivity index (χ0n) is 17.8. The zero-order chi connectivity index (χ0) is 21.1. The number of rotatable bonds is 7. The number of carbonyl (C=O) groups excluding carboxylic acids is 2. The van der Waals surface area contributed by atoms with Gasteiger partial charge in [-0.2, -0.15) is 0 Å². The average Bonchev–Trinajstić information content (AvgIpc) is 3.44. The van der Waals surface area contributed by atoms with E-state index in [1.54, 1.807) is 6.07 Å². The highest BCUT2D eigenvalue weighted by Gasteiger charge is 2.33. The lowest BCUT2D eigenvalue weighted by Crippen LogP contribution is -2.32. The summed E-state index contributed by atoms with van der Waals surface area (Å²) in [7, 11) is 0. The Bertz CT molecular complexity index is 897. The van der Waals surface area contributed by atoms with Gasteiger partial charge in [-0.15, -0.1) is 0 Å². The van der Waals surface area contributed by atoms with E-state index in [9.17, 15) is 9.59 Å². The fourth-order valence-electron chi connectivity index (χ4n) is 3.86. The molecule has 2 fully saturated rings. The molecule has 1 saturated heterocycles. The van der Waals surface area contributed by atoms with E-state index in [-0.39, 0.29) is 17.9 Å². The molecular formula is C25H30N2O3. The second-order valence-corrected chi connectivity index (χ2v) is 8.63. The molecule has 2 aromatic rings. The minimum Gasteiger partial charge on any atom is -0.368 e. The van der Waals surface area contributed by atoms with Gasteiger partial charge in [-0.3, -0.25) is 9.59 Å². The summed E-state index contributed by atoms with van der Waals surface area (Å²) in [6.07, 6.45) is 3.36. The van der Waals surface area contributed by atoms with Gasteiger partial charge in [0.05, 0.1) is 0 Å². The summed E-state index contributed by atoms with van der Waals surface area (Å²) in [4.78, 5) is 27.6. The van der Waals surface area contributed by atoms with E-state index in [1.807, 2.05) is 23.1 Å². The van der Waals surface area contributed by atoms with E-state index in [1.165, 1.54) is 5.56 Å². The van der Waals surface area contributed by atoms with Crippen LogP contribution >= 0.6 is 0 Å². The van der Waals surface area contributed by atoms with E-state index >= 15 is 0 Å². The number of amides is 2. The van der Waals surface area contributed by atoms with Crippen molar-refractivity contribution in [2.24, 2.45) is 0 Å². The molecule has 30 heavy (non-hydrogen) atoms. The number of anilines is 1. The van der Waals surface area contributed by atoms with Crippen LogP contribution in [0.3, 0.4) is 0 Å². The largest absolute Gasteiger partial charge is 0.368 e. The van der Waals surface area contributed by atoms with Crippen molar-refractivity contribution in [2.75, 3.05) is 11.9 Å². The molecule has 2 aliphatic rings. The quantitative estimate of drug-likeness (QED) is 0.723. The molecule has 5 nitrogen and oxygen atoms in total. The third kappa shape index (κ3) is 4.90. The summed E-state index contributed by atoms with van der Waals surface area (Å²) >= 11 is 0. The van der Waals surface area contributed by atoms with Gasteiger partial charge < -0.3 is 15.0 Å². The van der Waals surface area contributed by atoms with Crippen LogP contribution < -0.4 is 5.32 Å². The van der Waals surface area contributed by atoms with E-state index in [0.29, 0.717) is 36.4 Å². The van der Waals surface area contributed by atoms with Gasteiger partial charge in [0.15, 0.2) is 0 Å². The molecule has 1 unspecified atom stereocenters. The van der Waals surface area contributed by atoms with E-state index in [4.69, 9.17) is 4.74 Å². The molecule has 1 aliphatic carbocycles. The van der Waals surface area contributed by atoms with Crippen molar-refractivity contribution in [2.45, 2.75) is 64.1 Å². The molecule has 158 valence electrons. The monoisotopic (exact) mass is 406 g/mol. The van der Waals surface area contributed by atoms with Crippen LogP contribution in [0.1, 0.15) is 66.9 Å². The Morgan fingerprint density at radius 3 is 2.50 bits per heavy atom. The standard InChI is InChI=1S/C25H30N2O3/c1-17(2)19-10-8-18(9-11-19)16-27(22-12-13-22)25(29)20-5-3-6-21(15-20)26-24(28)23-7-4-14-30-23/h3,5-6,8-11,15,17,22-23H,4,7,12-14,16H2,1-2H3,(H,26,28). The number of carbonyl (C=O) groups is 2. The third-order valence-electron chi connectivity index (χ3n) is 5.85. The van der Waals surface area contributed by atoms with Crippen molar-refractivity contribution in [3.63, 3.8) is 0 Å². The highest BCUT2D eigenvalue weighted by atomic mass is 16.5. The Balaban J connectivity index is 1.46. The maximum atomic E-state index is 13.3. The first-order valence-electron chi connectivity index (χ1n) is 10.9. The van der Waals surface area contributed by atoms with Gasteiger partial charge in [0.2, 0.25) is 0 Å². The lowest BCUT2D eigenvalue weighted by Gasteiger charge is -2.23. The van der Waals surface area contributed by atoms with Gasteiger partial charge in [0.25, 0.3) is 11.8 Å². The fourth-order valence-corrected chi connectivity index (χ4v) is 3.86. The van der Waals surface area contributed by atoms with Crippen molar-refractivity contribution in [3.05, 3.63) is 65.2 Å². The summed E-state index contributed by atoms with van der Waals surface area (Å²) < 4.78 is 5.44. The number of ether oxygens (including phenoxy) is 1. The van der Waals surface area contributed by atoms with Crippen molar-refractivity contribution >= 4 is 17.5 Å². The highest BCUT2D eigenvalue weighted by Crippen LogP contribution is 2.30. The van der Waals surface area contributed by atoms with Gasteiger partial charge in [-0.25, -0.2) is 0 Å². The minimum atomic E-state index is -0.388. The van der Waals surface area contributed by atoms with Gasteiger partial charge in [0, 0.05) is 30.4 Å². The molecule has 0 bridgehead atoms. The smallest absolute Gasteiger partial charge is 0.254 e. The van der Waals surface area contributed by atoms with Crippen LogP contribution in [0, 0.1) is 0 Å². The molecular weight excluding hydrogens is 376 g/mol. The molecule has 1 N–H and O–H groups in total. The number of hydrogen-bond acceptors (Lipinski definition) is 3. The topological polar surface area (TPSA) is 58.6 Å². The van der Waals surface area contributed by atoms with Crippen LogP contribution in [0.15, 0.2) is 48.5 Å². The number of benzene rings is 2. The number of nitrogens with zero attached hydrogens (tertiary/aromatic N) is 1. The molecule has 1 atom stereocenters. The van der Waals surface area contributed by atoms with Crippen LogP contribution in [0.4, 0.5) is 5.69 Å². The van der Waals surface area contributed by atoms with E-state index in [0.717, 1.165) is 31.2 Å². The molecule has 0 aromatic heterocycles. The lowest BCUT2D eigenvalue weighted by atomic mass is 10.0. The highest BCUT2D eigenvalue weighted by molar-refractivity contribution is 5.98. The Hall–Kier alpha value is -2.66. The molecule has 0 spiro atoms. The molecule has 1 saturated carbocycles. The fraction of sp³-hybridized carbons (Fsp3) is 0.440. The predicted octanol–water partition coefficient (Wildman–Crippen LogP) is 4.73. The third-order valence-corrected chi connectivity index (χ3v) is 5.85. The van der Waals surface area contributed by atoms with Crippen LogP contribution in [-0.2, 0) is 16.1 Å². The van der Waals surface area contributed by atoms with Crippen molar-refractivity contribution in [1.82, 2.24) is 4.90 Å². The number of nitrogens with one attached hydrogen (secondary N) is 1. The summed E-state index contributed by atoms with van der Waals surface area (Å²) in [5.74, 6) is 0.368. The molecule has 1 heterocycles. The normalized spacial score (nSPS) is 18.4. The van der Waals surface area contributed by atoms with Gasteiger partial charge in [-0.1, -0.05) is 44.2 Å². The molecule has 2 aromatic carbocycles. The predicted molar refractivity (Wildman–Crippen MR) is 117 cm³/mol. The maximum absolute atomic E-state index is 13.3. The van der Waals surface area contributed by atoms with Crippen molar-refractivity contribution < 1.29 is 14.3 Å². The Morgan fingerprint density at radius 1 is 1.10 bits per heavy atom. The molecule has 2 amide bonds. The zero-order valence-corrected chi connectivity index (χ0v) is 17.8. The summed E-state index contributed by atoms with van der Waals surface area (Å²) in [5.41, 5.74) is 3.68. The number of hydrogen-bond donors (Lipinski definition) is 1. The van der Waals surface area contributed by atoms with Crippen LogP contribution in [0.25, 0.3) is 0 Å². The van der Waals surface area contributed by atoms with Gasteiger partial charge in [-0.05, 0) is 60.9 Å². The minimum absolute atomic E-state index is 0.0126. The van der Waals surface area contributed by atoms with E-state index < -0.39 is 0 Å². The second kappa shape index (κ2) is 9.00. The second-order valence-electron chi connectivity index (χ2n) is 8.63. The Morgan fingerprint density at radius 2 is 1.87 bits per heavy atom. The van der Waals surface area contributed by atoms with Gasteiger partial charge >= 0.3 is 0 Å². The molecule has 5 heteroatoms. The van der Waals surface area contributed by atoms with Crippen LogP contribution in [0.5, 0.6) is 0 Å².